The van der Waals surface area contributed by atoms with Crippen LogP contribution in [0.4, 0.5) is 5.69 Å². The van der Waals surface area contributed by atoms with Crippen LogP contribution in [-0.4, -0.2) is 22.8 Å². The number of hydrogen-bond donors (Lipinski definition) is 2. The highest BCUT2D eigenvalue weighted by molar-refractivity contribution is 5.30. The average Bonchev–Trinajstić information content (AvgIpc) is 2.27. The van der Waals surface area contributed by atoms with Crippen molar-refractivity contribution in [2.45, 2.75) is 19.4 Å². The molecule has 1 aliphatic rings. The van der Waals surface area contributed by atoms with E-state index in [-0.39, 0.29) is 5.69 Å². The van der Waals surface area contributed by atoms with Gasteiger partial charge in [0.25, 0.3) is 5.56 Å². The monoisotopic (exact) mass is 225 g/mol. The van der Waals surface area contributed by atoms with Gasteiger partial charge in [-0.1, -0.05) is 0 Å². The molecule has 16 heavy (non-hydrogen) atoms. The maximum atomic E-state index is 11.5. The molecule has 0 saturated carbocycles. The number of hydrogen-bond acceptors (Lipinski definition) is 4. The van der Waals surface area contributed by atoms with E-state index in [2.05, 4.69) is 4.98 Å². The quantitative estimate of drug-likeness (QED) is 0.713. The van der Waals surface area contributed by atoms with Gasteiger partial charge in [-0.05, 0) is 12.8 Å². The summed E-state index contributed by atoms with van der Waals surface area (Å²) in [6, 6.07) is 0. The second-order valence-corrected chi connectivity index (χ2v) is 4.08. The molecule has 1 atom stereocenters. The third-order valence-corrected chi connectivity index (χ3v) is 2.75. The van der Waals surface area contributed by atoms with Crippen LogP contribution in [0.5, 0.6) is 0 Å². The minimum Gasteiger partial charge on any atom is -0.393 e. The second-order valence-electron chi connectivity index (χ2n) is 4.08. The molecule has 2 heterocycles. The summed E-state index contributed by atoms with van der Waals surface area (Å²) in [6.45, 7) is 1.99. The van der Waals surface area contributed by atoms with Crippen LogP contribution < -0.4 is 17.0 Å². The fourth-order valence-electron chi connectivity index (χ4n) is 1.89. The first-order valence-corrected chi connectivity index (χ1v) is 5.34. The molecule has 3 N–H and O–H groups in total. The highest BCUT2D eigenvalue weighted by Gasteiger charge is 2.15. The SMILES string of the molecule is Nc1cn(CC2CCCOC2)c(=O)[nH]c1=O. The van der Waals surface area contributed by atoms with Crippen molar-refractivity contribution in [1.82, 2.24) is 9.55 Å². The highest BCUT2D eigenvalue weighted by atomic mass is 16.5. The van der Waals surface area contributed by atoms with Gasteiger partial charge in [0.15, 0.2) is 0 Å². The van der Waals surface area contributed by atoms with Gasteiger partial charge in [-0.2, -0.15) is 0 Å². The summed E-state index contributed by atoms with van der Waals surface area (Å²) < 4.78 is 6.77. The van der Waals surface area contributed by atoms with Crippen LogP contribution in [-0.2, 0) is 11.3 Å². The third-order valence-electron chi connectivity index (χ3n) is 2.75. The number of anilines is 1. The van der Waals surface area contributed by atoms with Crippen LogP contribution in [0, 0.1) is 5.92 Å². The molecular formula is C10H15N3O3. The first-order chi connectivity index (χ1) is 7.66. The van der Waals surface area contributed by atoms with Gasteiger partial charge in [0.05, 0.1) is 6.61 Å². The Morgan fingerprint density at radius 1 is 1.56 bits per heavy atom. The van der Waals surface area contributed by atoms with Crippen molar-refractivity contribution >= 4 is 5.69 Å². The molecule has 1 aromatic heterocycles. The first-order valence-electron chi connectivity index (χ1n) is 5.34. The van der Waals surface area contributed by atoms with Gasteiger partial charge in [0.1, 0.15) is 5.69 Å². The number of ether oxygens (including phenoxy) is 1. The van der Waals surface area contributed by atoms with Crippen LogP contribution >= 0.6 is 0 Å². The Hall–Kier alpha value is -1.56. The van der Waals surface area contributed by atoms with E-state index >= 15 is 0 Å². The molecule has 1 aromatic rings. The molecule has 1 fully saturated rings. The second kappa shape index (κ2) is 4.52. The standard InChI is InChI=1S/C10H15N3O3/c11-8-5-13(10(15)12-9(8)14)4-7-2-1-3-16-6-7/h5,7H,1-4,6,11H2,(H,12,14,15). The molecule has 6 heteroatoms. The summed E-state index contributed by atoms with van der Waals surface area (Å²) in [4.78, 5) is 24.7. The molecule has 0 radical (unpaired) electrons. The molecule has 1 saturated heterocycles. The molecule has 0 spiro atoms. The molecule has 1 unspecified atom stereocenters. The van der Waals surface area contributed by atoms with Crippen molar-refractivity contribution in [1.29, 1.82) is 0 Å². The summed E-state index contributed by atoms with van der Waals surface area (Å²) in [5.41, 5.74) is 4.59. The third kappa shape index (κ3) is 2.33. The number of H-pyrrole nitrogens is 1. The summed E-state index contributed by atoms with van der Waals surface area (Å²) in [5.74, 6) is 0.316. The summed E-state index contributed by atoms with van der Waals surface area (Å²) in [5, 5.41) is 0. The van der Waals surface area contributed by atoms with Crippen LogP contribution in [0.2, 0.25) is 0 Å². The predicted octanol–water partition coefficient (Wildman–Crippen LogP) is -0.455. The first kappa shape index (κ1) is 10.9. The maximum absolute atomic E-state index is 11.5. The molecule has 2 rings (SSSR count). The van der Waals surface area contributed by atoms with E-state index in [1.807, 2.05) is 0 Å². The lowest BCUT2D eigenvalue weighted by Crippen LogP contribution is -2.34. The van der Waals surface area contributed by atoms with Crippen molar-refractivity contribution in [3.05, 3.63) is 27.0 Å². The van der Waals surface area contributed by atoms with Gasteiger partial charge in [0.2, 0.25) is 0 Å². The Bertz CT molecular complexity index is 471. The van der Waals surface area contributed by atoms with Crippen molar-refractivity contribution in [3.8, 4) is 0 Å². The van der Waals surface area contributed by atoms with E-state index in [1.165, 1.54) is 10.8 Å². The maximum Gasteiger partial charge on any atom is 0.328 e. The largest absolute Gasteiger partial charge is 0.393 e. The van der Waals surface area contributed by atoms with E-state index in [9.17, 15) is 9.59 Å². The molecule has 0 bridgehead atoms. The Labute approximate surface area is 92.0 Å². The number of rotatable bonds is 2. The summed E-state index contributed by atoms with van der Waals surface area (Å²) in [6.07, 6.45) is 3.44. The smallest absolute Gasteiger partial charge is 0.328 e. The topological polar surface area (TPSA) is 90.1 Å². The Kier molecular flexibility index (Phi) is 3.09. The Morgan fingerprint density at radius 3 is 3.06 bits per heavy atom. The van der Waals surface area contributed by atoms with Crippen LogP contribution in [0.15, 0.2) is 15.8 Å². The van der Waals surface area contributed by atoms with E-state index < -0.39 is 11.2 Å². The minimum absolute atomic E-state index is 0.0660. The molecule has 6 nitrogen and oxygen atoms in total. The Morgan fingerprint density at radius 2 is 2.38 bits per heavy atom. The van der Waals surface area contributed by atoms with Crippen molar-refractivity contribution in [2.24, 2.45) is 5.92 Å². The number of aromatic nitrogens is 2. The zero-order valence-electron chi connectivity index (χ0n) is 8.94. The molecule has 0 amide bonds. The lowest BCUT2D eigenvalue weighted by Gasteiger charge is -2.22. The van der Waals surface area contributed by atoms with Gasteiger partial charge in [-0.25, -0.2) is 4.79 Å². The fraction of sp³-hybridized carbons (Fsp3) is 0.600. The predicted molar refractivity (Wildman–Crippen MR) is 59.3 cm³/mol. The summed E-state index contributed by atoms with van der Waals surface area (Å²) >= 11 is 0. The van der Waals surface area contributed by atoms with Gasteiger partial charge in [-0.3, -0.25) is 14.3 Å². The number of nitrogens with zero attached hydrogens (tertiary/aromatic N) is 1. The number of nitrogen functional groups attached to an aromatic ring is 1. The van der Waals surface area contributed by atoms with Crippen molar-refractivity contribution < 1.29 is 4.74 Å². The molecule has 1 aliphatic heterocycles. The van der Waals surface area contributed by atoms with E-state index in [0.717, 1.165) is 19.4 Å². The van der Waals surface area contributed by atoms with Gasteiger partial charge < -0.3 is 10.5 Å². The highest BCUT2D eigenvalue weighted by Crippen LogP contribution is 2.14. The van der Waals surface area contributed by atoms with Crippen LogP contribution in [0.25, 0.3) is 0 Å². The Balaban J connectivity index is 2.17. The number of nitrogens with one attached hydrogen (secondary N) is 1. The molecule has 0 aromatic carbocycles. The molecule has 88 valence electrons. The lowest BCUT2D eigenvalue weighted by atomic mass is 10.0. The van der Waals surface area contributed by atoms with E-state index in [4.69, 9.17) is 10.5 Å². The van der Waals surface area contributed by atoms with Gasteiger partial charge in [0, 0.05) is 25.3 Å². The lowest BCUT2D eigenvalue weighted by molar-refractivity contribution is 0.0478. The van der Waals surface area contributed by atoms with Crippen molar-refractivity contribution in [3.63, 3.8) is 0 Å². The van der Waals surface area contributed by atoms with Crippen molar-refractivity contribution in [2.75, 3.05) is 18.9 Å². The van der Waals surface area contributed by atoms with Crippen LogP contribution in [0.3, 0.4) is 0 Å². The number of aromatic amines is 1. The molecule has 0 aliphatic carbocycles. The van der Waals surface area contributed by atoms with E-state index in [0.29, 0.717) is 19.1 Å². The number of nitrogens with two attached hydrogens (primary N) is 1. The fourth-order valence-corrected chi connectivity index (χ4v) is 1.89. The van der Waals surface area contributed by atoms with Gasteiger partial charge in [-0.15, -0.1) is 0 Å². The van der Waals surface area contributed by atoms with E-state index in [1.54, 1.807) is 0 Å². The van der Waals surface area contributed by atoms with Crippen LogP contribution in [0.1, 0.15) is 12.8 Å². The molecular weight excluding hydrogens is 210 g/mol. The van der Waals surface area contributed by atoms with Gasteiger partial charge >= 0.3 is 5.69 Å². The minimum atomic E-state index is -0.527. The zero-order chi connectivity index (χ0) is 11.5. The normalized spacial score (nSPS) is 20.9. The summed E-state index contributed by atoms with van der Waals surface area (Å²) in [7, 11) is 0. The average molecular weight is 225 g/mol. The zero-order valence-corrected chi connectivity index (χ0v) is 8.94.